The highest BCUT2D eigenvalue weighted by Crippen LogP contribution is 2.25. The van der Waals surface area contributed by atoms with Gasteiger partial charge in [0.1, 0.15) is 0 Å². The average molecular weight is 288 g/mol. The molecule has 0 spiro atoms. The third-order valence-corrected chi connectivity index (χ3v) is 4.18. The van der Waals surface area contributed by atoms with E-state index in [1.54, 1.807) is 0 Å². The molecule has 0 aliphatic heterocycles. The fourth-order valence-electron chi connectivity index (χ4n) is 2.94. The van der Waals surface area contributed by atoms with Gasteiger partial charge in [-0.05, 0) is 30.7 Å². The van der Waals surface area contributed by atoms with Crippen molar-refractivity contribution in [3.05, 3.63) is 35.9 Å². The molecular formula is C18H26NO2. The minimum atomic E-state index is -0.390. The van der Waals surface area contributed by atoms with Crippen molar-refractivity contribution in [2.75, 3.05) is 13.2 Å². The zero-order valence-corrected chi connectivity index (χ0v) is 12.8. The summed E-state index contributed by atoms with van der Waals surface area (Å²) in [5.41, 5.74) is 1.28. The summed E-state index contributed by atoms with van der Waals surface area (Å²) in [4.78, 5) is 11.5. The Morgan fingerprint density at radius 3 is 2.67 bits per heavy atom. The summed E-state index contributed by atoms with van der Waals surface area (Å²) in [6.07, 6.45) is 9.12. The first-order valence-electron chi connectivity index (χ1n) is 8.23. The lowest BCUT2D eigenvalue weighted by molar-refractivity contribution is 0.143. The molecule has 1 amide bonds. The van der Waals surface area contributed by atoms with Crippen molar-refractivity contribution in [2.45, 2.75) is 51.4 Å². The molecule has 21 heavy (non-hydrogen) atoms. The van der Waals surface area contributed by atoms with Crippen LogP contribution in [0.25, 0.3) is 0 Å². The summed E-state index contributed by atoms with van der Waals surface area (Å²) in [5, 5.41) is 4.00. The molecule has 0 unspecified atom stereocenters. The average Bonchev–Trinajstić information content (AvgIpc) is 2.54. The smallest absolute Gasteiger partial charge is 0.428 e. The predicted octanol–water partition coefficient (Wildman–Crippen LogP) is 4.33. The van der Waals surface area contributed by atoms with E-state index in [4.69, 9.17) is 4.74 Å². The molecule has 1 aliphatic carbocycles. The van der Waals surface area contributed by atoms with Gasteiger partial charge in [0.25, 0.3) is 0 Å². The molecular weight excluding hydrogens is 262 g/mol. The summed E-state index contributed by atoms with van der Waals surface area (Å²) < 4.78 is 5.15. The van der Waals surface area contributed by atoms with Crippen molar-refractivity contribution in [3.63, 3.8) is 0 Å². The van der Waals surface area contributed by atoms with E-state index in [-0.39, 0.29) is 6.09 Å². The zero-order chi connectivity index (χ0) is 14.8. The highest BCUT2D eigenvalue weighted by atomic mass is 16.5. The van der Waals surface area contributed by atoms with Crippen molar-refractivity contribution in [1.29, 1.82) is 0 Å². The second-order valence-electron chi connectivity index (χ2n) is 5.88. The molecule has 1 fully saturated rings. The van der Waals surface area contributed by atoms with Gasteiger partial charge in [-0.15, -0.1) is 0 Å². The molecule has 2 rings (SSSR count). The Balaban J connectivity index is 1.47. The normalized spacial score (nSPS) is 15.6. The lowest BCUT2D eigenvalue weighted by Gasteiger charge is -2.20. The van der Waals surface area contributed by atoms with Gasteiger partial charge in [0, 0.05) is 6.54 Å². The number of hydrogen-bond donors (Lipinski definition) is 0. The highest BCUT2D eigenvalue weighted by Gasteiger charge is 2.14. The maximum absolute atomic E-state index is 11.5. The van der Waals surface area contributed by atoms with Crippen molar-refractivity contribution < 1.29 is 9.53 Å². The first kappa shape index (κ1) is 15.9. The van der Waals surface area contributed by atoms with Gasteiger partial charge in [0.2, 0.25) is 0 Å². The number of hydrogen-bond acceptors (Lipinski definition) is 2. The molecule has 1 aromatic rings. The van der Waals surface area contributed by atoms with Crippen LogP contribution in [0.4, 0.5) is 4.79 Å². The van der Waals surface area contributed by atoms with Crippen LogP contribution < -0.4 is 5.32 Å². The molecule has 1 aromatic carbocycles. The highest BCUT2D eigenvalue weighted by molar-refractivity contribution is 5.66. The van der Waals surface area contributed by atoms with E-state index >= 15 is 0 Å². The summed E-state index contributed by atoms with van der Waals surface area (Å²) in [5.74, 6) is 0.772. The van der Waals surface area contributed by atoms with Gasteiger partial charge in [-0.25, -0.2) is 10.1 Å². The van der Waals surface area contributed by atoms with Gasteiger partial charge in [-0.2, -0.15) is 0 Å². The molecule has 0 bridgehead atoms. The van der Waals surface area contributed by atoms with Crippen LogP contribution >= 0.6 is 0 Å². The van der Waals surface area contributed by atoms with Crippen LogP contribution in [0.2, 0.25) is 0 Å². The monoisotopic (exact) mass is 288 g/mol. The fraction of sp³-hybridized carbons (Fsp3) is 0.611. The summed E-state index contributed by atoms with van der Waals surface area (Å²) in [6.45, 7) is 1.09. The lowest BCUT2D eigenvalue weighted by Crippen LogP contribution is -2.21. The molecule has 0 atom stereocenters. The molecule has 115 valence electrons. The van der Waals surface area contributed by atoms with Gasteiger partial charge in [-0.3, -0.25) is 0 Å². The molecule has 3 nitrogen and oxygen atoms in total. The molecule has 0 heterocycles. The molecule has 0 saturated heterocycles. The van der Waals surface area contributed by atoms with Gasteiger partial charge in [-0.1, -0.05) is 62.4 Å². The Kier molecular flexibility index (Phi) is 7.13. The number of carbonyl (C=O) groups is 1. The van der Waals surface area contributed by atoms with Gasteiger partial charge in [0.15, 0.2) is 0 Å². The maximum Gasteiger partial charge on any atom is 0.428 e. The Labute approximate surface area is 128 Å². The van der Waals surface area contributed by atoms with Crippen molar-refractivity contribution in [2.24, 2.45) is 5.92 Å². The van der Waals surface area contributed by atoms with E-state index < -0.39 is 0 Å². The fourth-order valence-corrected chi connectivity index (χ4v) is 2.94. The SMILES string of the molecule is O=C([N]CCC1CCCCC1)OCCCc1ccccc1. The van der Waals surface area contributed by atoms with Gasteiger partial charge >= 0.3 is 6.09 Å². The number of aryl methyl sites for hydroxylation is 1. The van der Waals surface area contributed by atoms with E-state index in [0.717, 1.165) is 25.2 Å². The predicted molar refractivity (Wildman–Crippen MR) is 84.3 cm³/mol. The topological polar surface area (TPSA) is 40.4 Å². The number of ether oxygens (including phenoxy) is 1. The standard InChI is InChI=1S/C18H26NO2/c20-18(19-14-13-17-10-5-2-6-11-17)21-15-7-12-16-8-3-1-4-9-16/h1,3-4,8-9,17H,2,5-7,10-15H2. The maximum atomic E-state index is 11.5. The lowest BCUT2D eigenvalue weighted by atomic mass is 9.87. The van der Waals surface area contributed by atoms with Crippen molar-refractivity contribution in [1.82, 2.24) is 5.32 Å². The van der Waals surface area contributed by atoms with Crippen LogP contribution in [0.15, 0.2) is 30.3 Å². The Morgan fingerprint density at radius 1 is 1.14 bits per heavy atom. The molecule has 1 aliphatic rings. The van der Waals surface area contributed by atoms with Gasteiger partial charge in [0.05, 0.1) is 6.61 Å². The largest absolute Gasteiger partial charge is 0.448 e. The van der Waals surface area contributed by atoms with Crippen LogP contribution in [0.3, 0.4) is 0 Å². The Hall–Kier alpha value is -1.51. The Morgan fingerprint density at radius 2 is 1.90 bits per heavy atom. The van der Waals surface area contributed by atoms with Crippen LogP contribution in [0, 0.1) is 5.92 Å². The zero-order valence-electron chi connectivity index (χ0n) is 12.8. The minimum absolute atomic E-state index is 0.390. The first-order valence-corrected chi connectivity index (χ1v) is 8.23. The van der Waals surface area contributed by atoms with E-state index in [1.165, 1.54) is 37.7 Å². The molecule has 0 aromatic heterocycles. The third-order valence-electron chi connectivity index (χ3n) is 4.18. The second-order valence-corrected chi connectivity index (χ2v) is 5.88. The number of nitrogens with zero attached hydrogens (tertiary/aromatic N) is 1. The molecule has 1 radical (unpaired) electrons. The quantitative estimate of drug-likeness (QED) is 0.701. The molecule has 1 saturated carbocycles. The molecule has 3 heteroatoms. The van der Waals surface area contributed by atoms with Gasteiger partial charge < -0.3 is 4.74 Å². The number of amides is 1. The van der Waals surface area contributed by atoms with Crippen molar-refractivity contribution in [3.8, 4) is 0 Å². The number of benzene rings is 1. The van der Waals surface area contributed by atoms with Crippen LogP contribution in [-0.4, -0.2) is 19.2 Å². The number of carbonyl (C=O) groups excluding carboxylic acids is 1. The van der Waals surface area contributed by atoms with Crippen LogP contribution in [0.1, 0.15) is 50.5 Å². The Bertz CT molecular complexity index is 399. The van der Waals surface area contributed by atoms with E-state index in [2.05, 4.69) is 17.4 Å². The number of rotatable bonds is 7. The van der Waals surface area contributed by atoms with Crippen LogP contribution in [-0.2, 0) is 11.2 Å². The van der Waals surface area contributed by atoms with Crippen molar-refractivity contribution >= 4 is 6.09 Å². The van der Waals surface area contributed by atoms with E-state index in [0.29, 0.717) is 13.2 Å². The minimum Gasteiger partial charge on any atom is -0.448 e. The van der Waals surface area contributed by atoms with E-state index in [9.17, 15) is 4.79 Å². The third kappa shape index (κ3) is 6.65. The summed E-state index contributed by atoms with van der Waals surface area (Å²) >= 11 is 0. The summed E-state index contributed by atoms with van der Waals surface area (Å²) in [6, 6.07) is 10.3. The second kappa shape index (κ2) is 9.43. The molecule has 0 N–H and O–H groups in total. The first-order chi connectivity index (χ1) is 10.3. The van der Waals surface area contributed by atoms with E-state index in [1.807, 2.05) is 18.2 Å². The van der Waals surface area contributed by atoms with Crippen LogP contribution in [0.5, 0.6) is 0 Å². The summed E-state index contributed by atoms with van der Waals surface area (Å²) in [7, 11) is 0.